The first-order chi connectivity index (χ1) is 20.9. The molecule has 1 aliphatic rings. The SMILES string of the molecule is CN(C)S(=O)(=O)NCC1CCN(c2ccc(-c3ccn4c(-c5cccc(NC(=O)NCC(C)(C)C)c5)cnc4c3)cn2)CC1. The van der Waals surface area contributed by atoms with E-state index >= 15 is 0 Å². The average molecular weight is 619 g/mol. The van der Waals surface area contributed by atoms with Gasteiger partial charge in [0.1, 0.15) is 11.5 Å². The number of fused-ring (bicyclic) bond motifs is 1. The van der Waals surface area contributed by atoms with Gasteiger partial charge in [0.15, 0.2) is 0 Å². The summed E-state index contributed by atoms with van der Waals surface area (Å²) in [4.78, 5) is 24.0. The highest BCUT2D eigenvalue weighted by molar-refractivity contribution is 7.87. The summed E-state index contributed by atoms with van der Waals surface area (Å²) in [5, 5.41) is 5.84. The fourth-order valence-electron chi connectivity index (χ4n) is 5.11. The first-order valence-electron chi connectivity index (χ1n) is 14.9. The second kappa shape index (κ2) is 12.9. The number of carbonyl (C=O) groups excluding carboxylic acids is 1. The van der Waals surface area contributed by atoms with E-state index in [9.17, 15) is 13.2 Å². The molecular weight excluding hydrogens is 576 g/mol. The molecule has 0 saturated carbocycles. The number of carbonyl (C=O) groups is 1. The van der Waals surface area contributed by atoms with E-state index in [4.69, 9.17) is 4.98 Å². The van der Waals surface area contributed by atoms with Crippen LogP contribution in [-0.2, 0) is 10.2 Å². The second-order valence-corrected chi connectivity index (χ2v) is 14.7. The van der Waals surface area contributed by atoms with E-state index in [1.54, 1.807) is 0 Å². The highest BCUT2D eigenvalue weighted by Crippen LogP contribution is 2.28. The summed E-state index contributed by atoms with van der Waals surface area (Å²) >= 11 is 0. The minimum atomic E-state index is -3.40. The van der Waals surface area contributed by atoms with Crippen LogP contribution in [0.25, 0.3) is 28.0 Å². The smallest absolute Gasteiger partial charge is 0.319 e. The number of pyridine rings is 2. The number of nitrogens with zero attached hydrogens (tertiary/aromatic N) is 5. The molecule has 0 atom stereocenters. The number of piperidine rings is 1. The van der Waals surface area contributed by atoms with Gasteiger partial charge in [0.05, 0.1) is 11.9 Å². The molecule has 0 radical (unpaired) electrons. The van der Waals surface area contributed by atoms with Crippen LogP contribution < -0.4 is 20.3 Å². The fraction of sp³-hybridized carbons (Fsp3) is 0.406. The molecule has 11 nitrogen and oxygen atoms in total. The number of amides is 2. The van der Waals surface area contributed by atoms with Crippen molar-refractivity contribution in [1.82, 2.24) is 28.7 Å². The third-order valence-electron chi connectivity index (χ3n) is 7.76. The molecule has 3 N–H and O–H groups in total. The number of imidazole rings is 1. The van der Waals surface area contributed by atoms with Crippen LogP contribution in [0, 0.1) is 11.3 Å². The molecule has 1 aliphatic heterocycles. The van der Waals surface area contributed by atoms with Gasteiger partial charge in [-0.3, -0.25) is 4.40 Å². The first kappa shape index (κ1) is 31.4. The Morgan fingerprint density at radius 1 is 0.977 bits per heavy atom. The Kier molecular flexibility index (Phi) is 9.23. The van der Waals surface area contributed by atoms with Gasteiger partial charge in [0.25, 0.3) is 10.2 Å². The number of nitrogens with one attached hydrogen (secondary N) is 3. The van der Waals surface area contributed by atoms with Gasteiger partial charge < -0.3 is 15.5 Å². The third-order valence-corrected chi connectivity index (χ3v) is 9.26. The highest BCUT2D eigenvalue weighted by Gasteiger charge is 2.23. The molecule has 0 bridgehead atoms. The van der Waals surface area contributed by atoms with E-state index in [0.717, 1.165) is 59.8 Å². The third kappa shape index (κ3) is 7.74. The van der Waals surface area contributed by atoms with E-state index in [2.05, 4.69) is 58.1 Å². The molecule has 1 saturated heterocycles. The zero-order valence-corrected chi connectivity index (χ0v) is 26.9. The van der Waals surface area contributed by atoms with Crippen LogP contribution in [0.4, 0.5) is 16.3 Å². The monoisotopic (exact) mass is 618 g/mol. The Bertz CT molecular complexity index is 1700. The summed E-state index contributed by atoms with van der Waals surface area (Å²) in [6.07, 6.45) is 7.55. The van der Waals surface area contributed by atoms with Crippen LogP contribution in [0.5, 0.6) is 0 Å². The van der Waals surface area contributed by atoms with Crippen LogP contribution in [0.3, 0.4) is 0 Å². The molecular formula is C32H42N8O3S. The van der Waals surface area contributed by atoms with Crippen molar-refractivity contribution in [3.05, 3.63) is 67.1 Å². The van der Waals surface area contributed by atoms with Crippen LogP contribution >= 0.6 is 0 Å². The lowest BCUT2D eigenvalue weighted by Gasteiger charge is -2.33. The second-order valence-electron chi connectivity index (χ2n) is 12.7. The lowest BCUT2D eigenvalue weighted by atomic mass is 9.97. The molecule has 1 aromatic carbocycles. The quantitative estimate of drug-likeness (QED) is 0.247. The van der Waals surface area contributed by atoms with Gasteiger partial charge in [-0.1, -0.05) is 32.9 Å². The average Bonchev–Trinajstić information content (AvgIpc) is 3.43. The standard InChI is InChI=1S/C32H42N8O3S/c1-32(2,3)22-35-31(41)37-27-8-6-7-25(17-27)28-21-34-30-18-24(13-16-40(28)30)26-9-10-29(33-20-26)39-14-11-23(12-15-39)19-36-44(42,43)38(4)5/h6-10,13,16-18,20-21,23,36H,11-12,14-15,19,22H2,1-5H3,(H2,35,37,41). The van der Waals surface area contributed by atoms with Gasteiger partial charge in [-0.25, -0.2) is 19.5 Å². The van der Waals surface area contributed by atoms with Crippen molar-refractivity contribution in [2.75, 3.05) is 50.5 Å². The lowest BCUT2D eigenvalue weighted by molar-refractivity contribution is 0.247. The highest BCUT2D eigenvalue weighted by atomic mass is 32.2. The largest absolute Gasteiger partial charge is 0.357 e. The Morgan fingerprint density at radius 3 is 2.43 bits per heavy atom. The number of hydrogen-bond donors (Lipinski definition) is 3. The van der Waals surface area contributed by atoms with E-state index < -0.39 is 10.2 Å². The minimum Gasteiger partial charge on any atom is -0.357 e. The summed E-state index contributed by atoms with van der Waals surface area (Å²) in [5.74, 6) is 1.23. The Hall–Kier alpha value is -4.00. The molecule has 44 heavy (non-hydrogen) atoms. The van der Waals surface area contributed by atoms with E-state index in [-0.39, 0.29) is 11.4 Å². The molecule has 4 heterocycles. The van der Waals surface area contributed by atoms with Gasteiger partial charge >= 0.3 is 6.03 Å². The maximum absolute atomic E-state index is 12.4. The van der Waals surface area contributed by atoms with Crippen molar-refractivity contribution in [1.29, 1.82) is 0 Å². The molecule has 0 spiro atoms. The van der Waals surface area contributed by atoms with Gasteiger partial charge in [0, 0.05) is 69.5 Å². The number of benzene rings is 1. The van der Waals surface area contributed by atoms with Gasteiger partial charge in [-0.15, -0.1) is 0 Å². The molecule has 12 heteroatoms. The van der Waals surface area contributed by atoms with E-state index in [0.29, 0.717) is 24.7 Å². The predicted octanol–water partition coefficient (Wildman–Crippen LogP) is 4.84. The predicted molar refractivity (Wildman–Crippen MR) is 176 cm³/mol. The molecule has 4 aromatic rings. The number of urea groups is 1. The topological polar surface area (TPSA) is 124 Å². The molecule has 1 fully saturated rings. The zero-order chi connectivity index (χ0) is 31.5. The van der Waals surface area contributed by atoms with Crippen molar-refractivity contribution in [2.24, 2.45) is 11.3 Å². The lowest BCUT2D eigenvalue weighted by Crippen LogP contribution is -2.42. The number of rotatable bonds is 9. The maximum Gasteiger partial charge on any atom is 0.319 e. The van der Waals surface area contributed by atoms with Crippen LogP contribution in [-0.4, -0.2) is 73.4 Å². The number of aromatic nitrogens is 3. The number of hydrogen-bond acceptors (Lipinski definition) is 6. The van der Waals surface area contributed by atoms with Crippen LogP contribution in [0.15, 0.2) is 67.1 Å². The molecule has 5 rings (SSSR count). The molecule has 0 unspecified atom stereocenters. The number of anilines is 2. The molecule has 2 amide bonds. The molecule has 0 aliphatic carbocycles. The van der Waals surface area contributed by atoms with Crippen LogP contribution in [0.1, 0.15) is 33.6 Å². The molecule has 3 aromatic heterocycles. The minimum absolute atomic E-state index is 0.00401. The normalized spacial score (nSPS) is 14.7. The van der Waals surface area contributed by atoms with Crippen molar-refractivity contribution < 1.29 is 13.2 Å². The van der Waals surface area contributed by atoms with E-state index in [1.807, 2.05) is 59.4 Å². The maximum atomic E-state index is 12.4. The Morgan fingerprint density at radius 2 is 1.75 bits per heavy atom. The first-order valence-corrected chi connectivity index (χ1v) is 16.3. The van der Waals surface area contributed by atoms with Crippen LogP contribution in [0.2, 0.25) is 0 Å². The van der Waals surface area contributed by atoms with Crippen molar-refractivity contribution in [2.45, 2.75) is 33.6 Å². The van der Waals surface area contributed by atoms with Gasteiger partial charge in [0.2, 0.25) is 0 Å². The zero-order valence-electron chi connectivity index (χ0n) is 26.0. The van der Waals surface area contributed by atoms with Crippen molar-refractivity contribution in [3.8, 4) is 22.4 Å². The van der Waals surface area contributed by atoms with Crippen molar-refractivity contribution in [3.63, 3.8) is 0 Å². The van der Waals surface area contributed by atoms with Gasteiger partial charge in [-0.2, -0.15) is 12.7 Å². The summed E-state index contributed by atoms with van der Waals surface area (Å²) in [6, 6.07) is 15.7. The van der Waals surface area contributed by atoms with E-state index in [1.165, 1.54) is 18.4 Å². The fourth-order valence-corrected chi connectivity index (χ4v) is 5.82. The summed E-state index contributed by atoms with van der Waals surface area (Å²) in [6.45, 7) is 8.93. The Balaban J connectivity index is 1.22. The Labute approximate surface area is 259 Å². The summed E-state index contributed by atoms with van der Waals surface area (Å²) < 4.78 is 29.9. The summed E-state index contributed by atoms with van der Waals surface area (Å²) in [5.41, 5.74) is 5.43. The summed E-state index contributed by atoms with van der Waals surface area (Å²) in [7, 11) is -0.337. The van der Waals surface area contributed by atoms with Gasteiger partial charge in [-0.05, 0) is 66.1 Å². The molecule has 234 valence electrons. The van der Waals surface area contributed by atoms with Crippen molar-refractivity contribution >= 4 is 33.4 Å².